The molecule has 17 heavy (non-hydrogen) atoms. The first kappa shape index (κ1) is 13.3. The number of hydrogen-bond donors (Lipinski definition) is 2. The zero-order valence-electron chi connectivity index (χ0n) is 9.93. The molecule has 1 aromatic heterocycles. The summed E-state index contributed by atoms with van der Waals surface area (Å²) in [7, 11) is 0. The lowest BCUT2D eigenvalue weighted by atomic mass is 10.2. The van der Waals surface area contributed by atoms with Crippen LogP contribution in [0.1, 0.15) is 18.7 Å². The van der Waals surface area contributed by atoms with Crippen molar-refractivity contribution in [1.29, 1.82) is 0 Å². The second-order valence-electron chi connectivity index (χ2n) is 3.64. The van der Waals surface area contributed by atoms with Gasteiger partial charge in [-0.3, -0.25) is 0 Å². The van der Waals surface area contributed by atoms with Crippen LogP contribution >= 0.6 is 0 Å². The Bertz CT molecular complexity index is 349. The molecule has 1 aromatic rings. The van der Waals surface area contributed by atoms with Crippen LogP contribution in [-0.2, 0) is 0 Å². The highest BCUT2D eigenvalue weighted by Crippen LogP contribution is 2.12. The average Bonchev–Trinajstić information content (AvgIpc) is 2.82. The summed E-state index contributed by atoms with van der Waals surface area (Å²) >= 11 is 0. The smallest absolute Gasteiger partial charge is 0.318 e. The molecule has 1 unspecified atom stereocenters. The van der Waals surface area contributed by atoms with Crippen LogP contribution in [0.25, 0.3) is 0 Å². The number of urea groups is 1. The molecular formula is C12H18N2O3. The van der Waals surface area contributed by atoms with E-state index in [2.05, 4.69) is 11.9 Å². The van der Waals surface area contributed by atoms with Gasteiger partial charge in [0.1, 0.15) is 5.76 Å². The number of furan rings is 1. The van der Waals surface area contributed by atoms with Gasteiger partial charge in [-0.25, -0.2) is 4.79 Å². The minimum Gasteiger partial charge on any atom is -0.467 e. The Kier molecular flexibility index (Phi) is 5.29. The molecular weight excluding hydrogens is 220 g/mol. The van der Waals surface area contributed by atoms with E-state index in [4.69, 9.17) is 9.52 Å². The first-order valence-electron chi connectivity index (χ1n) is 5.49. The van der Waals surface area contributed by atoms with Crippen molar-refractivity contribution in [3.05, 3.63) is 36.8 Å². The van der Waals surface area contributed by atoms with Crippen LogP contribution in [0.2, 0.25) is 0 Å². The molecule has 0 radical (unpaired) electrons. The molecule has 0 aliphatic rings. The molecule has 1 heterocycles. The average molecular weight is 238 g/mol. The third kappa shape index (κ3) is 3.96. The number of carbonyl (C=O) groups excluding carboxylic acids is 1. The van der Waals surface area contributed by atoms with E-state index in [0.29, 0.717) is 12.3 Å². The van der Waals surface area contributed by atoms with Crippen LogP contribution in [-0.4, -0.2) is 35.7 Å². The largest absolute Gasteiger partial charge is 0.467 e. The molecule has 0 saturated heterocycles. The number of nitrogens with one attached hydrogen (secondary N) is 1. The fraction of sp³-hybridized carbons (Fsp3) is 0.417. The summed E-state index contributed by atoms with van der Waals surface area (Å²) in [5.41, 5.74) is 0. The number of aliphatic hydroxyl groups is 1. The van der Waals surface area contributed by atoms with Crippen molar-refractivity contribution in [2.45, 2.75) is 13.0 Å². The number of amides is 2. The van der Waals surface area contributed by atoms with Crippen LogP contribution in [0.3, 0.4) is 0 Å². The van der Waals surface area contributed by atoms with Gasteiger partial charge in [0, 0.05) is 13.1 Å². The molecule has 0 aliphatic carbocycles. The van der Waals surface area contributed by atoms with Crippen LogP contribution in [0.4, 0.5) is 4.79 Å². The Morgan fingerprint density at radius 2 is 2.53 bits per heavy atom. The SMILES string of the molecule is C=CCN(CCO)C(=O)NC(C)c1ccco1. The Morgan fingerprint density at radius 1 is 1.76 bits per heavy atom. The summed E-state index contributed by atoms with van der Waals surface area (Å²) in [6, 6.07) is 3.12. The highest BCUT2D eigenvalue weighted by molar-refractivity contribution is 5.74. The summed E-state index contributed by atoms with van der Waals surface area (Å²) in [5.74, 6) is 0.695. The van der Waals surface area contributed by atoms with Crippen LogP contribution < -0.4 is 5.32 Å². The molecule has 0 aromatic carbocycles. The minimum absolute atomic E-state index is 0.0730. The highest BCUT2D eigenvalue weighted by atomic mass is 16.3. The monoisotopic (exact) mass is 238 g/mol. The maximum absolute atomic E-state index is 11.8. The fourth-order valence-electron chi connectivity index (χ4n) is 1.44. The van der Waals surface area contributed by atoms with E-state index in [0.717, 1.165) is 0 Å². The van der Waals surface area contributed by atoms with Crippen LogP contribution in [0.5, 0.6) is 0 Å². The Hall–Kier alpha value is -1.75. The van der Waals surface area contributed by atoms with Crippen molar-refractivity contribution in [2.75, 3.05) is 19.7 Å². The quantitative estimate of drug-likeness (QED) is 0.739. The normalized spacial score (nSPS) is 11.9. The van der Waals surface area contributed by atoms with Gasteiger partial charge < -0.3 is 19.7 Å². The molecule has 0 aliphatic heterocycles. The van der Waals surface area contributed by atoms with E-state index in [1.807, 2.05) is 6.92 Å². The van der Waals surface area contributed by atoms with E-state index in [1.165, 1.54) is 4.90 Å². The Morgan fingerprint density at radius 3 is 3.06 bits per heavy atom. The van der Waals surface area contributed by atoms with Crippen LogP contribution in [0.15, 0.2) is 35.5 Å². The lowest BCUT2D eigenvalue weighted by Gasteiger charge is -2.22. The number of carbonyl (C=O) groups is 1. The molecule has 2 N–H and O–H groups in total. The predicted octanol–water partition coefficient (Wildman–Crippen LogP) is 1.53. The van der Waals surface area contributed by atoms with Crippen molar-refractivity contribution < 1.29 is 14.3 Å². The standard InChI is InChI=1S/C12H18N2O3/c1-3-6-14(7-8-15)12(16)13-10(2)11-5-4-9-17-11/h3-5,9-10,15H,1,6-8H2,2H3,(H,13,16). The molecule has 0 fully saturated rings. The predicted molar refractivity (Wildman–Crippen MR) is 64.5 cm³/mol. The zero-order chi connectivity index (χ0) is 12.7. The summed E-state index contributed by atoms with van der Waals surface area (Å²) in [6.07, 6.45) is 3.18. The van der Waals surface area contributed by atoms with E-state index in [-0.39, 0.29) is 25.2 Å². The van der Waals surface area contributed by atoms with E-state index < -0.39 is 0 Å². The maximum Gasteiger partial charge on any atom is 0.318 e. The molecule has 94 valence electrons. The van der Waals surface area contributed by atoms with Crippen molar-refractivity contribution in [1.82, 2.24) is 10.2 Å². The zero-order valence-corrected chi connectivity index (χ0v) is 9.93. The third-order valence-corrected chi connectivity index (χ3v) is 2.32. The molecule has 0 bridgehead atoms. The molecule has 0 spiro atoms. The second-order valence-corrected chi connectivity index (χ2v) is 3.64. The van der Waals surface area contributed by atoms with Crippen molar-refractivity contribution in [2.24, 2.45) is 0 Å². The van der Waals surface area contributed by atoms with E-state index in [1.54, 1.807) is 24.5 Å². The second kappa shape index (κ2) is 6.75. The molecule has 5 nitrogen and oxygen atoms in total. The summed E-state index contributed by atoms with van der Waals surface area (Å²) in [6.45, 7) is 6.01. The molecule has 1 rings (SSSR count). The van der Waals surface area contributed by atoms with E-state index >= 15 is 0 Å². The molecule has 2 amide bonds. The summed E-state index contributed by atoms with van der Waals surface area (Å²) in [5, 5.41) is 11.6. The lowest BCUT2D eigenvalue weighted by molar-refractivity contribution is 0.180. The topological polar surface area (TPSA) is 65.7 Å². The summed E-state index contributed by atoms with van der Waals surface area (Å²) < 4.78 is 5.19. The van der Waals surface area contributed by atoms with Crippen molar-refractivity contribution >= 4 is 6.03 Å². The van der Waals surface area contributed by atoms with Gasteiger partial charge in [0.05, 0.1) is 18.9 Å². The summed E-state index contributed by atoms with van der Waals surface area (Å²) in [4.78, 5) is 13.3. The van der Waals surface area contributed by atoms with Gasteiger partial charge in [0.25, 0.3) is 0 Å². The van der Waals surface area contributed by atoms with Gasteiger partial charge in [-0.05, 0) is 19.1 Å². The number of rotatable bonds is 6. The number of hydrogen-bond acceptors (Lipinski definition) is 3. The van der Waals surface area contributed by atoms with Crippen LogP contribution in [0, 0.1) is 0 Å². The first-order valence-corrected chi connectivity index (χ1v) is 5.49. The molecule has 1 atom stereocenters. The van der Waals surface area contributed by atoms with Gasteiger partial charge in [0.15, 0.2) is 0 Å². The van der Waals surface area contributed by atoms with Crippen molar-refractivity contribution in [3.63, 3.8) is 0 Å². The Balaban J connectivity index is 2.54. The van der Waals surface area contributed by atoms with Gasteiger partial charge in [-0.15, -0.1) is 6.58 Å². The van der Waals surface area contributed by atoms with E-state index in [9.17, 15) is 4.79 Å². The van der Waals surface area contributed by atoms with Gasteiger partial charge in [-0.2, -0.15) is 0 Å². The highest BCUT2D eigenvalue weighted by Gasteiger charge is 2.16. The first-order chi connectivity index (χ1) is 8.19. The lowest BCUT2D eigenvalue weighted by Crippen LogP contribution is -2.42. The fourth-order valence-corrected chi connectivity index (χ4v) is 1.44. The van der Waals surface area contributed by atoms with Crippen molar-refractivity contribution in [3.8, 4) is 0 Å². The maximum atomic E-state index is 11.8. The number of nitrogens with zero attached hydrogens (tertiary/aromatic N) is 1. The molecule has 5 heteroatoms. The third-order valence-electron chi connectivity index (χ3n) is 2.32. The molecule has 0 saturated carbocycles. The number of aliphatic hydroxyl groups excluding tert-OH is 1. The van der Waals surface area contributed by atoms with Gasteiger partial charge in [0.2, 0.25) is 0 Å². The van der Waals surface area contributed by atoms with Gasteiger partial charge >= 0.3 is 6.03 Å². The minimum atomic E-state index is -0.247. The van der Waals surface area contributed by atoms with Gasteiger partial charge in [-0.1, -0.05) is 6.08 Å². The Labute approximate surface area is 101 Å².